The van der Waals surface area contributed by atoms with Gasteiger partial charge in [0.1, 0.15) is 0 Å². The summed E-state index contributed by atoms with van der Waals surface area (Å²) in [7, 11) is 3.83. The lowest BCUT2D eigenvalue weighted by atomic mass is 9.89. The molecule has 3 nitrogen and oxygen atoms in total. The lowest BCUT2D eigenvalue weighted by Crippen LogP contribution is -2.31. The number of nitrogens with two attached hydrogens (primary N) is 1. The van der Waals surface area contributed by atoms with Gasteiger partial charge in [-0.3, -0.25) is 4.99 Å². The standard InChI is InChI=1S/C15H25N3/c1-12(2)14(11-17-15(16)18(3)4)10-13-8-6-5-7-9-13/h5-9,12,14H,10-11H2,1-4H3,(H2,16,17)/t14-/m0/s1. The van der Waals surface area contributed by atoms with Crippen molar-refractivity contribution in [3.05, 3.63) is 35.9 Å². The number of aliphatic imine (C=N–C) groups is 1. The van der Waals surface area contributed by atoms with E-state index in [4.69, 9.17) is 5.73 Å². The van der Waals surface area contributed by atoms with E-state index in [1.807, 2.05) is 19.0 Å². The molecule has 0 saturated carbocycles. The van der Waals surface area contributed by atoms with E-state index in [-0.39, 0.29) is 0 Å². The number of nitrogens with zero attached hydrogens (tertiary/aromatic N) is 2. The zero-order valence-electron chi connectivity index (χ0n) is 11.9. The molecular weight excluding hydrogens is 222 g/mol. The van der Waals surface area contributed by atoms with Crippen LogP contribution in [-0.4, -0.2) is 31.5 Å². The molecule has 1 aromatic carbocycles. The fourth-order valence-electron chi connectivity index (χ4n) is 1.78. The van der Waals surface area contributed by atoms with E-state index >= 15 is 0 Å². The first-order valence-electron chi connectivity index (χ1n) is 6.52. The van der Waals surface area contributed by atoms with Gasteiger partial charge in [0.25, 0.3) is 0 Å². The quantitative estimate of drug-likeness (QED) is 0.641. The Morgan fingerprint density at radius 3 is 2.33 bits per heavy atom. The minimum absolute atomic E-state index is 0.533. The second kappa shape index (κ2) is 7.04. The molecule has 100 valence electrons. The van der Waals surface area contributed by atoms with Crippen LogP contribution in [0.1, 0.15) is 19.4 Å². The van der Waals surface area contributed by atoms with Crippen molar-refractivity contribution in [2.75, 3.05) is 20.6 Å². The Labute approximate surface area is 111 Å². The third kappa shape index (κ3) is 4.78. The van der Waals surface area contributed by atoms with Crippen molar-refractivity contribution < 1.29 is 0 Å². The Morgan fingerprint density at radius 2 is 1.83 bits per heavy atom. The van der Waals surface area contributed by atoms with Crippen LogP contribution in [0.25, 0.3) is 0 Å². The lowest BCUT2D eigenvalue weighted by Gasteiger charge is -2.20. The van der Waals surface area contributed by atoms with E-state index in [1.54, 1.807) is 0 Å². The predicted molar refractivity (Wildman–Crippen MR) is 78.7 cm³/mol. The van der Waals surface area contributed by atoms with Crippen LogP contribution >= 0.6 is 0 Å². The first-order valence-corrected chi connectivity index (χ1v) is 6.52. The largest absolute Gasteiger partial charge is 0.370 e. The first kappa shape index (κ1) is 14.6. The van der Waals surface area contributed by atoms with E-state index in [9.17, 15) is 0 Å². The Kier molecular flexibility index (Phi) is 5.69. The fourth-order valence-corrected chi connectivity index (χ4v) is 1.78. The second-order valence-corrected chi connectivity index (χ2v) is 5.29. The Morgan fingerprint density at radius 1 is 1.22 bits per heavy atom. The zero-order valence-corrected chi connectivity index (χ0v) is 11.9. The van der Waals surface area contributed by atoms with Crippen molar-refractivity contribution in [2.45, 2.75) is 20.3 Å². The molecule has 0 saturated heterocycles. The highest BCUT2D eigenvalue weighted by atomic mass is 15.2. The van der Waals surface area contributed by atoms with E-state index in [2.05, 4.69) is 49.2 Å². The normalized spacial score (nSPS) is 13.7. The van der Waals surface area contributed by atoms with Gasteiger partial charge in [-0.15, -0.1) is 0 Å². The summed E-state index contributed by atoms with van der Waals surface area (Å²) in [6.07, 6.45) is 1.06. The van der Waals surface area contributed by atoms with E-state index < -0.39 is 0 Å². The van der Waals surface area contributed by atoms with Crippen molar-refractivity contribution >= 4 is 5.96 Å². The molecule has 0 fully saturated rings. The first-order chi connectivity index (χ1) is 8.50. The zero-order chi connectivity index (χ0) is 13.5. The van der Waals surface area contributed by atoms with Gasteiger partial charge < -0.3 is 10.6 Å². The second-order valence-electron chi connectivity index (χ2n) is 5.29. The minimum Gasteiger partial charge on any atom is -0.370 e. The molecular formula is C15H25N3. The van der Waals surface area contributed by atoms with Gasteiger partial charge in [0, 0.05) is 20.6 Å². The SMILES string of the molecule is CC(C)[C@H](CN=C(N)N(C)C)Cc1ccccc1. The van der Waals surface area contributed by atoms with Gasteiger partial charge in [0.15, 0.2) is 5.96 Å². The molecule has 0 aliphatic rings. The summed E-state index contributed by atoms with van der Waals surface area (Å²) in [6, 6.07) is 10.6. The Bertz CT molecular complexity index is 369. The van der Waals surface area contributed by atoms with E-state index in [0.29, 0.717) is 17.8 Å². The van der Waals surface area contributed by atoms with Gasteiger partial charge in [-0.05, 0) is 23.8 Å². The number of rotatable bonds is 5. The van der Waals surface area contributed by atoms with Crippen molar-refractivity contribution in [1.29, 1.82) is 0 Å². The third-order valence-corrected chi connectivity index (χ3v) is 3.23. The monoisotopic (exact) mass is 247 g/mol. The molecule has 0 unspecified atom stereocenters. The third-order valence-electron chi connectivity index (χ3n) is 3.23. The molecule has 3 heteroatoms. The van der Waals surface area contributed by atoms with Crippen LogP contribution in [0.3, 0.4) is 0 Å². The maximum Gasteiger partial charge on any atom is 0.190 e. The van der Waals surface area contributed by atoms with Gasteiger partial charge in [-0.2, -0.15) is 0 Å². The van der Waals surface area contributed by atoms with Crippen molar-refractivity contribution in [2.24, 2.45) is 22.6 Å². The van der Waals surface area contributed by atoms with Crippen LogP contribution in [0.5, 0.6) is 0 Å². The molecule has 0 spiro atoms. The molecule has 1 rings (SSSR count). The van der Waals surface area contributed by atoms with Crippen molar-refractivity contribution in [3.63, 3.8) is 0 Å². The molecule has 0 radical (unpaired) electrons. The van der Waals surface area contributed by atoms with Gasteiger partial charge in [-0.25, -0.2) is 0 Å². The van der Waals surface area contributed by atoms with Gasteiger partial charge >= 0.3 is 0 Å². The lowest BCUT2D eigenvalue weighted by molar-refractivity contribution is 0.391. The van der Waals surface area contributed by atoms with E-state index in [0.717, 1.165) is 13.0 Å². The van der Waals surface area contributed by atoms with E-state index in [1.165, 1.54) is 5.56 Å². The summed E-state index contributed by atoms with van der Waals surface area (Å²) in [4.78, 5) is 6.31. The molecule has 0 amide bonds. The minimum atomic E-state index is 0.533. The molecule has 0 aromatic heterocycles. The average molecular weight is 247 g/mol. The fraction of sp³-hybridized carbons (Fsp3) is 0.533. The van der Waals surface area contributed by atoms with Crippen LogP contribution in [0.2, 0.25) is 0 Å². The Hall–Kier alpha value is -1.51. The summed E-state index contributed by atoms with van der Waals surface area (Å²) >= 11 is 0. The maximum atomic E-state index is 5.83. The van der Waals surface area contributed by atoms with Crippen molar-refractivity contribution in [1.82, 2.24) is 4.90 Å². The molecule has 0 aliphatic heterocycles. The molecule has 0 bridgehead atoms. The number of guanidine groups is 1. The molecule has 0 heterocycles. The number of benzene rings is 1. The topological polar surface area (TPSA) is 41.6 Å². The van der Waals surface area contributed by atoms with Crippen LogP contribution < -0.4 is 5.73 Å². The van der Waals surface area contributed by atoms with Crippen LogP contribution in [0.4, 0.5) is 0 Å². The van der Waals surface area contributed by atoms with Gasteiger partial charge in [0.05, 0.1) is 0 Å². The summed E-state index contributed by atoms with van der Waals surface area (Å²) in [5, 5.41) is 0. The van der Waals surface area contributed by atoms with Gasteiger partial charge in [-0.1, -0.05) is 44.2 Å². The maximum absolute atomic E-state index is 5.83. The summed E-state index contributed by atoms with van der Waals surface area (Å²) in [5.41, 5.74) is 7.20. The molecule has 2 N–H and O–H groups in total. The average Bonchev–Trinajstić information content (AvgIpc) is 2.34. The van der Waals surface area contributed by atoms with Crippen LogP contribution in [0, 0.1) is 11.8 Å². The van der Waals surface area contributed by atoms with Gasteiger partial charge in [0.2, 0.25) is 0 Å². The van der Waals surface area contributed by atoms with Crippen LogP contribution in [0.15, 0.2) is 35.3 Å². The summed E-state index contributed by atoms with van der Waals surface area (Å²) < 4.78 is 0. The smallest absolute Gasteiger partial charge is 0.190 e. The van der Waals surface area contributed by atoms with Crippen molar-refractivity contribution in [3.8, 4) is 0 Å². The molecule has 18 heavy (non-hydrogen) atoms. The van der Waals surface area contributed by atoms with Crippen LogP contribution in [-0.2, 0) is 6.42 Å². The highest BCUT2D eigenvalue weighted by molar-refractivity contribution is 5.77. The Balaban J connectivity index is 2.64. The highest BCUT2D eigenvalue weighted by Crippen LogP contribution is 2.17. The molecule has 1 aromatic rings. The summed E-state index contributed by atoms with van der Waals surface area (Å²) in [6.45, 7) is 5.28. The number of hydrogen-bond donors (Lipinski definition) is 1. The molecule has 1 atom stereocenters. The molecule has 0 aliphatic carbocycles. The predicted octanol–water partition coefficient (Wildman–Crippen LogP) is 2.38. The number of hydrogen-bond acceptors (Lipinski definition) is 1. The summed E-state index contributed by atoms with van der Waals surface area (Å²) in [5.74, 6) is 1.74. The highest BCUT2D eigenvalue weighted by Gasteiger charge is 2.14.